The molecule has 0 unspecified atom stereocenters. The zero-order valence-corrected chi connectivity index (χ0v) is 15.4. The third-order valence-corrected chi connectivity index (χ3v) is 5.36. The maximum Gasteiger partial charge on any atom is 0.237 e. The van der Waals surface area contributed by atoms with Crippen LogP contribution in [0.15, 0.2) is 0 Å². The van der Waals surface area contributed by atoms with Gasteiger partial charge in [0.05, 0.1) is 32.3 Å². The molecule has 1 atom stereocenters. The largest absolute Gasteiger partial charge is 0.379 e. The Labute approximate surface area is 149 Å². The second kappa shape index (κ2) is 7.03. The van der Waals surface area contributed by atoms with Gasteiger partial charge in [0.1, 0.15) is 5.82 Å². The van der Waals surface area contributed by atoms with Crippen LogP contribution in [0, 0.1) is 5.92 Å². The first-order valence-corrected chi connectivity index (χ1v) is 9.66. The average molecular weight is 347 g/mol. The molecule has 0 N–H and O–H groups in total. The quantitative estimate of drug-likeness (QED) is 0.806. The van der Waals surface area contributed by atoms with Crippen molar-refractivity contribution < 1.29 is 9.53 Å². The van der Waals surface area contributed by atoms with Crippen molar-refractivity contribution in [3.8, 4) is 0 Å². The van der Waals surface area contributed by atoms with Crippen LogP contribution >= 0.6 is 0 Å². The van der Waals surface area contributed by atoms with E-state index in [1.165, 1.54) is 12.8 Å². The predicted molar refractivity (Wildman–Crippen MR) is 93.2 cm³/mol. The number of fused-ring (bicyclic) bond motifs is 1. The lowest BCUT2D eigenvalue weighted by atomic mass is 10.00. The minimum absolute atomic E-state index is 0.0577. The Kier molecular flexibility index (Phi) is 4.78. The molecule has 2 aliphatic heterocycles. The van der Waals surface area contributed by atoms with E-state index in [0.717, 1.165) is 57.5 Å². The van der Waals surface area contributed by atoms with Crippen LogP contribution in [0.1, 0.15) is 56.7 Å². The summed E-state index contributed by atoms with van der Waals surface area (Å²) < 4.78 is 7.44. The molecule has 1 aromatic heterocycles. The van der Waals surface area contributed by atoms with Crippen LogP contribution in [-0.4, -0.2) is 69.9 Å². The van der Waals surface area contributed by atoms with Crippen LogP contribution < -0.4 is 0 Å². The fourth-order valence-electron chi connectivity index (χ4n) is 3.81. The normalized spacial score (nSPS) is 24.6. The van der Waals surface area contributed by atoms with E-state index in [0.29, 0.717) is 18.4 Å². The maximum atomic E-state index is 13.0. The topological polar surface area (TPSA) is 63.5 Å². The molecule has 4 rings (SSSR count). The van der Waals surface area contributed by atoms with Crippen LogP contribution in [0.25, 0.3) is 0 Å². The summed E-state index contributed by atoms with van der Waals surface area (Å²) in [5, 5.41) is 4.72. The lowest BCUT2D eigenvalue weighted by molar-refractivity contribution is -0.137. The highest BCUT2D eigenvalue weighted by atomic mass is 16.5. The van der Waals surface area contributed by atoms with Gasteiger partial charge in [-0.1, -0.05) is 13.8 Å². The smallest absolute Gasteiger partial charge is 0.237 e. The van der Waals surface area contributed by atoms with E-state index >= 15 is 0 Å². The lowest BCUT2D eigenvalue weighted by Gasteiger charge is -2.37. The Bertz CT molecular complexity index is 619. The molecule has 0 radical (unpaired) electrons. The molecule has 1 saturated heterocycles. The Morgan fingerprint density at radius 1 is 1.20 bits per heavy atom. The Balaban J connectivity index is 1.52. The van der Waals surface area contributed by atoms with E-state index in [9.17, 15) is 4.79 Å². The van der Waals surface area contributed by atoms with Crippen molar-refractivity contribution in [1.82, 2.24) is 24.6 Å². The number of hydrogen-bond donors (Lipinski definition) is 0. The molecule has 7 nitrogen and oxygen atoms in total. The fourth-order valence-corrected chi connectivity index (χ4v) is 3.81. The number of amides is 1. The van der Waals surface area contributed by atoms with Crippen LogP contribution in [-0.2, 0) is 16.1 Å². The van der Waals surface area contributed by atoms with E-state index < -0.39 is 0 Å². The number of morpholine rings is 1. The molecule has 1 amide bonds. The molecule has 3 aliphatic rings. The molecule has 2 fully saturated rings. The van der Waals surface area contributed by atoms with Crippen LogP contribution in [0.4, 0.5) is 0 Å². The number of rotatable bonds is 5. The predicted octanol–water partition coefficient (Wildman–Crippen LogP) is 1.42. The first-order chi connectivity index (χ1) is 12.1. The zero-order chi connectivity index (χ0) is 17.4. The zero-order valence-electron chi connectivity index (χ0n) is 15.4. The van der Waals surface area contributed by atoms with Crippen molar-refractivity contribution in [2.75, 3.05) is 39.4 Å². The second-order valence-electron chi connectivity index (χ2n) is 7.95. The van der Waals surface area contributed by atoms with Crippen molar-refractivity contribution in [2.45, 2.75) is 51.6 Å². The van der Waals surface area contributed by atoms with Gasteiger partial charge in [-0.3, -0.25) is 9.69 Å². The van der Waals surface area contributed by atoms with Crippen molar-refractivity contribution in [3.63, 3.8) is 0 Å². The number of aromatic nitrogens is 3. The molecule has 25 heavy (non-hydrogen) atoms. The Hall–Kier alpha value is -1.47. The highest BCUT2D eigenvalue weighted by molar-refractivity contribution is 5.78. The highest BCUT2D eigenvalue weighted by Gasteiger charge is 2.37. The first kappa shape index (κ1) is 17.0. The third kappa shape index (κ3) is 3.72. The van der Waals surface area contributed by atoms with Gasteiger partial charge in [-0.2, -0.15) is 5.10 Å². The summed E-state index contributed by atoms with van der Waals surface area (Å²) in [6.07, 6.45) is 3.35. The molecular weight excluding hydrogens is 318 g/mol. The van der Waals surface area contributed by atoms with Crippen LogP contribution in [0.2, 0.25) is 0 Å². The standard InChI is InChI=1S/C18H29N5O2/c1-13(2)11-15-18-19-17(14-3-4-14)20-23(18)6-5-22(15)16(24)12-21-7-9-25-10-8-21/h13-15H,3-12H2,1-2H3/t15-/m0/s1. The maximum absolute atomic E-state index is 13.0. The SMILES string of the molecule is CC(C)C[C@H]1c2nc(C3CC3)nn2CCN1C(=O)CN1CCOCC1. The monoisotopic (exact) mass is 347 g/mol. The van der Waals surface area contributed by atoms with Gasteiger partial charge in [0.25, 0.3) is 0 Å². The summed E-state index contributed by atoms with van der Waals surface area (Å²) in [5.74, 6) is 3.27. The fraction of sp³-hybridized carbons (Fsp3) is 0.833. The highest BCUT2D eigenvalue weighted by Crippen LogP contribution is 2.40. The molecule has 138 valence electrons. The molecule has 1 aliphatic carbocycles. The Morgan fingerprint density at radius 2 is 1.96 bits per heavy atom. The minimum atomic E-state index is 0.0577. The lowest BCUT2D eigenvalue weighted by Crippen LogP contribution is -2.49. The molecule has 7 heteroatoms. The molecule has 0 bridgehead atoms. The van der Waals surface area contributed by atoms with Gasteiger partial charge in [-0.05, 0) is 25.2 Å². The van der Waals surface area contributed by atoms with Crippen LogP contribution in [0.5, 0.6) is 0 Å². The first-order valence-electron chi connectivity index (χ1n) is 9.66. The summed E-state index contributed by atoms with van der Waals surface area (Å²) in [6, 6.07) is 0.0577. The molecular formula is C18H29N5O2. The van der Waals surface area contributed by atoms with E-state index in [1.54, 1.807) is 0 Å². The molecule has 0 spiro atoms. The summed E-state index contributed by atoms with van der Waals surface area (Å²) >= 11 is 0. The van der Waals surface area contributed by atoms with Gasteiger partial charge in [0.2, 0.25) is 5.91 Å². The van der Waals surface area contributed by atoms with Crippen molar-refractivity contribution in [3.05, 3.63) is 11.6 Å². The van der Waals surface area contributed by atoms with Gasteiger partial charge in [-0.25, -0.2) is 9.67 Å². The van der Waals surface area contributed by atoms with Gasteiger partial charge in [0, 0.05) is 25.6 Å². The number of carbonyl (C=O) groups is 1. The summed E-state index contributed by atoms with van der Waals surface area (Å²) in [4.78, 5) is 22.1. The van der Waals surface area contributed by atoms with Gasteiger partial charge < -0.3 is 9.64 Å². The van der Waals surface area contributed by atoms with E-state index in [4.69, 9.17) is 14.8 Å². The van der Waals surface area contributed by atoms with Crippen molar-refractivity contribution >= 4 is 5.91 Å². The van der Waals surface area contributed by atoms with E-state index in [-0.39, 0.29) is 11.9 Å². The summed E-state index contributed by atoms with van der Waals surface area (Å²) in [5.41, 5.74) is 0. The minimum Gasteiger partial charge on any atom is -0.379 e. The molecule has 3 heterocycles. The van der Waals surface area contributed by atoms with Gasteiger partial charge >= 0.3 is 0 Å². The van der Waals surface area contributed by atoms with E-state index in [2.05, 4.69) is 28.3 Å². The third-order valence-electron chi connectivity index (χ3n) is 5.36. The molecule has 1 aromatic rings. The van der Waals surface area contributed by atoms with Crippen molar-refractivity contribution in [2.24, 2.45) is 5.92 Å². The Morgan fingerprint density at radius 3 is 2.64 bits per heavy atom. The molecule has 1 saturated carbocycles. The summed E-state index contributed by atoms with van der Waals surface area (Å²) in [7, 11) is 0. The second-order valence-corrected chi connectivity index (χ2v) is 7.95. The molecule has 0 aromatic carbocycles. The van der Waals surface area contributed by atoms with Crippen LogP contribution in [0.3, 0.4) is 0 Å². The number of carbonyl (C=O) groups excluding carboxylic acids is 1. The van der Waals surface area contributed by atoms with E-state index in [1.807, 2.05) is 0 Å². The van der Waals surface area contributed by atoms with Gasteiger partial charge in [-0.15, -0.1) is 0 Å². The summed E-state index contributed by atoms with van der Waals surface area (Å²) in [6.45, 7) is 9.54. The number of hydrogen-bond acceptors (Lipinski definition) is 5. The number of nitrogens with zero attached hydrogens (tertiary/aromatic N) is 5. The van der Waals surface area contributed by atoms with Crippen molar-refractivity contribution in [1.29, 1.82) is 0 Å². The van der Waals surface area contributed by atoms with Gasteiger partial charge in [0.15, 0.2) is 5.82 Å². The average Bonchev–Trinajstić information content (AvgIpc) is 3.34. The number of ether oxygens (including phenoxy) is 1.